The molecular weight excluding hydrogens is 310 g/mol. The largest absolute Gasteiger partial charge is 0.322 e. The lowest BCUT2D eigenvalue weighted by atomic mass is 10.1. The molecule has 0 radical (unpaired) electrons. The molecule has 0 atom stereocenters. The Kier molecular flexibility index (Phi) is 5.29. The van der Waals surface area contributed by atoms with Crippen LogP contribution in [0.2, 0.25) is 0 Å². The average molecular weight is 333 g/mol. The molecule has 0 spiro atoms. The smallest absolute Gasteiger partial charge is 0.259 e. The second kappa shape index (κ2) is 7.79. The zero-order chi connectivity index (χ0) is 17.6. The fourth-order valence-electron chi connectivity index (χ4n) is 3.01. The zero-order valence-electron chi connectivity index (χ0n) is 14.7. The number of carbonyl (C=O) groups is 1. The van der Waals surface area contributed by atoms with Crippen molar-refractivity contribution in [1.82, 2.24) is 9.78 Å². The molecule has 25 heavy (non-hydrogen) atoms. The predicted molar refractivity (Wildman–Crippen MR) is 101 cm³/mol. The third-order valence-electron chi connectivity index (χ3n) is 4.35. The van der Waals surface area contributed by atoms with E-state index in [1.807, 2.05) is 47.1 Å². The van der Waals surface area contributed by atoms with Crippen LogP contribution in [0.25, 0.3) is 0 Å². The fraction of sp³-hybridized carbons (Fsp3) is 0.238. The van der Waals surface area contributed by atoms with E-state index in [1.165, 1.54) is 5.56 Å². The SMILES string of the molecule is CCc1ccccc1NC(=O)c1cnn(Cc2ccccc2)c1CC. The molecule has 0 saturated carbocycles. The van der Waals surface area contributed by atoms with Crippen LogP contribution < -0.4 is 5.32 Å². The lowest BCUT2D eigenvalue weighted by Gasteiger charge is -2.11. The van der Waals surface area contributed by atoms with Crippen molar-refractivity contribution < 1.29 is 4.79 Å². The number of anilines is 1. The minimum Gasteiger partial charge on any atom is -0.322 e. The first-order valence-corrected chi connectivity index (χ1v) is 8.70. The first kappa shape index (κ1) is 17.0. The Bertz CT molecular complexity index is 853. The van der Waals surface area contributed by atoms with Gasteiger partial charge in [-0.1, -0.05) is 62.4 Å². The number of hydrogen-bond donors (Lipinski definition) is 1. The van der Waals surface area contributed by atoms with E-state index >= 15 is 0 Å². The third-order valence-corrected chi connectivity index (χ3v) is 4.35. The van der Waals surface area contributed by atoms with Crippen LogP contribution in [0.1, 0.15) is 41.0 Å². The summed E-state index contributed by atoms with van der Waals surface area (Å²) in [6.07, 6.45) is 3.31. The van der Waals surface area contributed by atoms with Gasteiger partial charge in [-0.25, -0.2) is 0 Å². The van der Waals surface area contributed by atoms with Gasteiger partial charge in [-0.3, -0.25) is 9.48 Å². The lowest BCUT2D eigenvalue weighted by Crippen LogP contribution is -2.16. The molecular formula is C21H23N3O. The van der Waals surface area contributed by atoms with Crippen LogP contribution in [0, 0.1) is 0 Å². The maximum Gasteiger partial charge on any atom is 0.259 e. The van der Waals surface area contributed by atoms with E-state index in [2.05, 4.69) is 36.4 Å². The van der Waals surface area contributed by atoms with Crippen LogP contribution in [-0.4, -0.2) is 15.7 Å². The van der Waals surface area contributed by atoms with Crippen molar-refractivity contribution in [1.29, 1.82) is 0 Å². The van der Waals surface area contributed by atoms with Gasteiger partial charge in [0, 0.05) is 5.69 Å². The molecule has 1 amide bonds. The van der Waals surface area contributed by atoms with Crippen molar-refractivity contribution in [3.63, 3.8) is 0 Å². The third kappa shape index (κ3) is 3.79. The number of carbonyl (C=O) groups excluding carboxylic acids is 1. The first-order chi connectivity index (χ1) is 12.2. The molecule has 1 N–H and O–H groups in total. The van der Waals surface area contributed by atoms with Crippen LogP contribution in [-0.2, 0) is 19.4 Å². The quantitative estimate of drug-likeness (QED) is 0.731. The van der Waals surface area contributed by atoms with Gasteiger partial charge in [0.15, 0.2) is 0 Å². The number of amides is 1. The Morgan fingerprint density at radius 3 is 2.44 bits per heavy atom. The highest BCUT2D eigenvalue weighted by Gasteiger charge is 2.17. The Balaban J connectivity index is 1.83. The van der Waals surface area contributed by atoms with E-state index in [-0.39, 0.29) is 5.91 Å². The van der Waals surface area contributed by atoms with Crippen LogP contribution in [0.3, 0.4) is 0 Å². The number of nitrogens with one attached hydrogen (secondary N) is 1. The molecule has 3 aromatic rings. The zero-order valence-corrected chi connectivity index (χ0v) is 14.7. The Labute approximate surface area is 148 Å². The minimum absolute atomic E-state index is 0.0999. The average Bonchev–Trinajstić information content (AvgIpc) is 3.05. The van der Waals surface area contributed by atoms with Gasteiger partial charge in [-0.2, -0.15) is 5.10 Å². The molecule has 0 saturated heterocycles. The maximum atomic E-state index is 12.8. The molecule has 4 heteroatoms. The summed E-state index contributed by atoms with van der Waals surface area (Å²) in [4.78, 5) is 12.8. The molecule has 0 aliphatic heterocycles. The molecule has 1 heterocycles. The Morgan fingerprint density at radius 2 is 1.72 bits per heavy atom. The molecule has 1 aromatic heterocycles. The van der Waals surface area contributed by atoms with Crippen molar-refractivity contribution in [3.05, 3.63) is 83.2 Å². The Hall–Kier alpha value is -2.88. The summed E-state index contributed by atoms with van der Waals surface area (Å²) in [6, 6.07) is 18.1. The normalized spacial score (nSPS) is 10.6. The second-order valence-corrected chi connectivity index (χ2v) is 5.97. The van der Waals surface area contributed by atoms with Gasteiger partial charge in [0.05, 0.1) is 24.0 Å². The van der Waals surface area contributed by atoms with E-state index in [0.29, 0.717) is 12.1 Å². The number of hydrogen-bond acceptors (Lipinski definition) is 2. The van der Waals surface area contributed by atoms with Gasteiger partial charge in [0.25, 0.3) is 5.91 Å². The van der Waals surface area contributed by atoms with E-state index in [1.54, 1.807) is 6.20 Å². The summed E-state index contributed by atoms with van der Waals surface area (Å²) in [6.45, 7) is 4.80. The fourth-order valence-corrected chi connectivity index (χ4v) is 3.01. The Morgan fingerprint density at radius 1 is 1.00 bits per heavy atom. The molecule has 0 aliphatic rings. The molecule has 128 valence electrons. The highest BCUT2D eigenvalue weighted by Crippen LogP contribution is 2.19. The number of aryl methyl sites for hydroxylation is 1. The van der Waals surface area contributed by atoms with Crippen LogP contribution >= 0.6 is 0 Å². The number of benzene rings is 2. The summed E-state index contributed by atoms with van der Waals surface area (Å²) in [7, 11) is 0. The minimum atomic E-state index is -0.0999. The summed E-state index contributed by atoms with van der Waals surface area (Å²) < 4.78 is 1.91. The number of para-hydroxylation sites is 1. The molecule has 0 bridgehead atoms. The number of rotatable bonds is 6. The molecule has 0 unspecified atom stereocenters. The summed E-state index contributed by atoms with van der Waals surface area (Å²) in [5.41, 5.74) is 4.77. The van der Waals surface area contributed by atoms with Crippen LogP contribution in [0.4, 0.5) is 5.69 Å². The van der Waals surface area contributed by atoms with Crippen molar-refractivity contribution in [2.24, 2.45) is 0 Å². The van der Waals surface area contributed by atoms with Gasteiger partial charge in [-0.15, -0.1) is 0 Å². The first-order valence-electron chi connectivity index (χ1n) is 8.70. The topological polar surface area (TPSA) is 46.9 Å². The van der Waals surface area contributed by atoms with Crippen molar-refractivity contribution in [2.75, 3.05) is 5.32 Å². The van der Waals surface area contributed by atoms with E-state index in [0.717, 1.165) is 29.8 Å². The summed E-state index contributed by atoms with van der Waals surface area (Å²) in [5, 5.41) is 7.48. The highest BCUT2D eigenvalue weighted by molar-refractivity contribution is 6.05. The lowest BCUT2D eigenvalue weighted by molar-refractivity contribution is 0.102. The number of nitrogens with zero attached hydrogens (tertiary/aromatic N) is 2. The maximum absolute atomic E-state index is 12.8. The predicted octanol–water partition coefficient (Wildman–Crippen LogP) is 4.31. The van der Waals surface area contributed by atoms with Gasteiger partial charge < -0.3 is 5.32 Å². The molecule has 2 aromatic carbocycles. The van der Waals surface area contributed by atoms with Crippen LogP contribution in [0.15, 0.2) is 60.8 Å². The second-order valence-electron chi connectivity index (χ2n) is 5.97. The number of aromatic nitrogens is 2. The molecule has 3 rings (SSSR count). The van der Waals surface area contributed by atoms with E-state index in [9.17, 15) is 4.79 Å². The monoisotopic (exact) mass is 333 g/mol. The van der Waals surface area contributed by atoms with E-state index < -0.39 is 0 Å². The van der Waals surface area contributed by atoms with Crippen molar-refractivity contribution in [3.8, 4) is 0 Å². The van der Waals surface area contributed by atoms with Gasteiger partial charge in [-0.05, 0) is 30.0 Å². The molecule has 0 aliphatic carbocycles. The standard InChI is InChI=1S/C21H23N3O/c1-3-17-12-8-9-13-19(17)23-21(25)18-14-22-24(20(18)4-2)15-16-10-6-5-7-11-16/h5-14H,3-4,15H2,1-2H3,(H,23,25). The van der Waals surface area contributed by atoms with Crippen molar-refractivity contribution in [2.45, 2.75) is 33.2 Å². The van der Waals surface area contributed by atoms with Gasteiger partial charge in [0.1, 0.15) is 0 Å². The molecule has 4 nitrogen and oxygen atoms in total. The summed E-state index contributed by atoms with van der Waals surface area (Å²) in [5.74, 6) is -0.0999. The van der Waals surface area contributed by atoms with Gasteiger partial charge >= 0.3 is 0 Å². The molecule has 0 fully saturated rings. The van der Waals surface area contributed by atoms with Crippen LogP contribution in [0.5, 0.6) is 0 Å². The van der Waals surface area contributed by atoms with Gasteiger partial charge in [0.2, 0.25) is 0 Å². The summed E-state index contributed by atoms with van der Waals surface area (Å²) >= 11 is 0. The highest BCUT2D eigenvalue weighted by atomic mass is 16.1. The van der Waals surface area contributed by atoms with E-state index in [4.69, 9.17) is 0 Å². The van der Waals surface area contributed by atoms with Crippen molar-refractivity contribution >= 4 is 11.6 Å².